The second-order valence-corrected chi connectivity index (χ2v) is 6.94. The fraction of sp³-hybridized carbons (Fsp3) is 0.381. The number of fused-ring (bicyclic) bond motifs is 1. The number of halogens is 1. The van der Waals surface area contributed by atoms with Crippen LogP contribution in [0.3, 0.4) is 0 Å². The number of carbonyl (C=O) groups excluding carboxylic acids is 1. The van der Waals surface area contributed by atoms with Gasteiger partial charge in [0.2, 0.25) is 6.79 Å². The number of rotatable bonds is 9. The summed E-state index contributed by atoms with van der Waals surface area (Å²) < 4.78 is 22.0. The highest BCUT2D eigenvalue weighted by molar-refractivity contribution is 6.30. The second kappa shape index (κ2) is 9.66. The zero-order valence-electron chi connectivity index (χ0n) is 16.0. The molecule has 0 radical (unpaired) electrons. The van der Waals surface area contributed by atoms with Crippen LogP contribution in [-0.2, 0) is 9.53 Å². The maximum absolute atomic E-state index is 11.7. The molecule has 0 spiro atoms. The third kappa shape index (κ3) is 5.53. The van der Waals surface area contributed by atoms with Crippen molar-refractivity contribution in [1.29, 1.82) is 0 Å². The molecule has 1 atom stereocenters. The third-order valence-electron chi connectivity index (χ3n) is 4.34. The first-order chi connectivity index (χ1) is 13.5. The highest BCUT2D eigenvalue weighted by Crippen LogP contribution is 2.37. The maximum Gasteiger partial charge on any atom is 0.320 e. The molecule has 0 N–H and O–H groups in total. The molecule has 1 aliphatic heterocycles. The van der Waals surface area contributed by atoms with Gasteiger partial charge in [0.1, 0.15) is 11.9 Å². The van der Waals surface area contributed by atoms with Crippen molar-refractivity contribution >= 4 is 17.6 Å². The quantitative estimate of drug-likeness (QED) is 0.586. The van der Waals surface area contributed by atoms with Gasteiger partial charge in [-0.2, -0.15) is 0 Å². The number of nitrogens with zero attached hydrogens (tertiary/aromatic N) is 1. The van der Waals surface area contributed by atoms with Gasteiger partial charge in [-0.15, -0.1) is 0 Å². The van der Waals surface area contributed by atoms with Crippen molar-refractivity contribution in [2.24, 2.45) is 0 Å². The van der Waals surface area contributed by atoms with Crippen LogP contribution in [0.4, 0.5) is 0 Å². The van der Waals surface area contributed by atoms with Crippen molar-refractivity contribution in [1.82, 2.24) is 4.90 Å². The van der Waals surface area contributed by atoms with Gasteiger partial charge < -0.3 is 18.9 Å². The molecule has 0 aromatic heterocycles. The van der Waals surface area contributed by atoms with E-state index in [-0.39, 0.29) is 25.4 Å². The van der Waals surface area contributed by atoms with Gasteiger partial charge in [0, 0.05) is 24.1 Å². The summed E-state index contributed by atoms with van der Waals surface area (Å²) in [5.74, 6) is 1.85. The second-order valence-electron chi connectivity index (χ2n) is 6.50. The molecule has 1 heterocycles. The summed E-state index contributed by atoms with van der Waals surface area (Å²) in [6.45, 7) is 3.31. The predicted octanol–water partition coefficient (Wildman–Crippen LogP) is 4.07. The lowest BCUT2D eigenvalue weighted by atomic mass is 10.1. The van der Waals surface area contributed by atoms with Gasteiger partial charge in [-0.1, -0.05) is 23.7 Å². The van der Waals surface area contributed by atoms with E-state index in [2.05, 4.69) is 0 Å². The molecule has 1 unspecified atom stereocenters. The molecule has 0 amide bonds. The van der Waals surface area contributed by atoms with Crippen molar-refractivity contribution in [3.05, 3.63) is 53.1 Å². The summed E-state index contributed by atoms with van der Waals surface area (Å²) in [5, 5.41) is 0.671. The van der Waals surface area contributed by atoms with Gasteiger partial charge in [-0.3, -0.25) is 9.69 Å². The van der Waals surface area contributed by atoms with Crippen LogP contribution in [-0.4, -0.2) is 44.4 Å². The molecule has 7 heteroatoms. The van der Waals surface area contributed by atoms with Gasteiger partial charge in [0.15, 0.2) is 11.5 Å². The molecule has 0 fully saturated rings. The molecule has 0 saturated carbocycles. The molecule has 1 aliphatic rings. The van der Waals surface area contributed by atoms with Gasteiger partial charge in [0.05, 0.1) is 13.2 Å². The van der Waals surface area contributed by atoms with Gasteiger partial charge >= 0.3 is 5.97 Å². The van der Waals surface area contributed by atoms with Crippen LogP contribution in [0.2, 0.25) is 5.02 Å². The van der Waals surface area contributed by atoms with E-state index < -0.39 is 0 Å². The normalized spacial score (nSPS) is 13.4. The SMILES string of the molecule is CCOC(=O)CN(C)CCC(Oc1ccc2c(c1)OCO2)c1ccc(Cl)cc1. The predicted molar refractivity (Wildman–Crippen MR) is 106 cm³/mol. The Bertz CT molecular complexity index is 796. The van der Waals surface area contributed by atoms with E-state index in [1.807, 2.05) is 54.4 Å². The summed E-state index contributed by atoms with van der Waals surface area (Å²) >= 11 is 6.02. The van der Waals surface area contributed by atoms with E-state index in [0.29, 0.717) is 41.8 Å². The summed E-state index contributed by atoms with van der Waals surface area (Å²) in [6.07, 6.45) is 0.480. The number of esters is 1. The van der Waals surface area contributed by atoms with Crippen molar-refractivity contribution in [2.75, 3.05) is 33.5 Å². The molecule has 0 saturated heterocycles. The number of hydrogen-bond donors (Lipinski definition) is 0. The van der Waals surface area contributed by atoms with E-state index >= 15 is 0 Å². The standard InChI is InChI=1S/C21H24ClNO5/c1-3-25-21(24)13-23(2)11-10-18(15-4-6-16(22)7-5-15)28-17-8-9-19-20(12-17)27-14-26-19/h4-9,12,18H,3,10-11,13-14H2,1-2H3. The molecular weight excluding hydrogens is 382 g/mol. The minimum atomic E-state index is -0.232. The maximum atomic E-state index is 11.7. The van der Waals surface area contributed by atoms with Crippen molar-refractivity contribution in [2.45, 2.75) is 19.4 Å². The number of ether oxygens (including phenoxy) is 4. The lowest BCUT2D eigenvalue weighted by Gasteiger charge is -2.23. The fourth-order valence-corrected chi connectivity index (χ4v) is 3.06. The Labute approximate surface area is 169 Å². The fourth-order valence-electron chi connectivity index (χ4n) is 2.93. The molecule has 2 aromatic carbocycles. The number of benzene rings is 2. The van der Waals surface area contributed by atoms with E-state index in [1.54, 1.807) is 6.92 Å². The van der Waals surface area contributed by atoms with Crippen molar-refractivity contribution in [3.8, 4) is 17.2 Å². The zero-order chi connectivity index (χ0) is 19.9. The van der Waals surface area contributed by atoms with Crippen LogP contribution in [0.5, 0.6) is 17.2 Å². The number of likely N-dealkylation sites (N-methyl/N-ethyl adjacent to an activating group) is 1. The van der Waals surface area contributed by atoms with Crippen LogP contribution in [0.25, 0.3) is 0 Å². The zero-order valence-corrected chi connectivity index (χ0v) is 16.8. The highest BCUT2D eigenvalue weighted by atomic mass is 35.5. The van der Waals surface area contributed by atoms with Gasteiger partial charge in [-0.25, -0.2) is 0 Å². The molecule has 2 aromatic rings. The third-order valence-corrected chi connectivity index (χ3v) is 4.59. The van der Waals surface area contributed by atoms with Crippen LogP contribution in [0, 0.1) is 0 Å². The minimum Gasteiger partial charge on any atom is -0.486 e. The Hall–Kier alpha value is -2.44. The molecule has 0 bridgehead atoms. The monoisotopic (exact) mass is 405 g/mol. The number of carbonyl (C=O) groups is 1. The topological polar surface area (TPSA) is 57.2 Å². The average Bonchev–Trinajstić information content (AvgIpc) is 3.14. The molecule has 3 rings (SSSR count). The van der Waals surface area contributed by atoms with Gasteiger partial charge in [0.25, 0.3) is 0 Å². The van der Waals surface area contributed by atoms with Crippen LogP contribution in [0.15, 0.2) is 42.5 Å². The average molecular weight is 406 g/mol. The molecule has 28 heavy (non-hydrogen) atoms. The Morgan fingerprint density at radius 2 is 1.93 bits per heavy atom. The Morgan fingerprint density at radius 3 is 2.68 bits per heavy atom. The smallest absolute Gasteiger partial charge is 0.320 e. The summed E-state index contributed by atoms with van der Waals surface area (Å²) in [6, 6.07) is 13.1. The van der Waals surface area contributed by atoms with Crippen molar-refractivity contribution < 1.29 is 23.7 Å². The first-order valence-corrected chi connectivity index (χ1v) is 9.59. The molecular formula is C21H24ClNO5. The van der Waals surface area contributed by atoms with Crippen LogP contribution < -0.4 is 14.2 Å². The number of hydrogen-bond acceptors (Lipinski definition) is 6. The van der Waals surface area contributed by atoms with E-state index in [4.69, 9.17) is 30.5 Å². The largest absolute Gasteiger partial charge is 0.486 e. The lowest BCUT2D eigenvalue weighted by Crippen LogP contribution is -2.29. The molecule has 6 nitrogen and oxygen atoms in total. The minimum absolute atomic E-state index is 0.206. The first-order valence-electron chi connectivity index (χ1n) is 9.21. The van der Waals surface area contributed by atoms with E-state index in [0.717, 1.165) is 5.56 Å². The first kappa shape index (κ1) is 20.3. The van der Waals surface area contributed by atoms with E-state index in [1.165, 1.54) is 0 Å². The summed E-state index contributed by atoms with van der Waals surface area (Å²) in [7, 11) is 1.89. The Balaban J connectivity index is 1.68. The van der Waals surface area contributed by atoms with Crippen LogP contribution in [0.1, 0.15) is 25.0 Å². The van der Waals surface area contributed by atoms with Gasteiger partial charge in [-0.05, 0) is 43.8 Å². The highest BCUT2D eigenvalue weighted by Gasteiger charge is 2.19. The summed E-state index contributed by atoms with van der Waals surface area (Å²) in [5.41, 5.74) is 1.01. The van der Waals surface area contributed by atoms with Crippen molar-refractivity contribution in [3.63, 3.8) is 0 Å². The summed E-state index contributed by atoms with van der Waals surface area (Å²) in [4.78, 5) is 13.6. The van der Waals surface area contributed by atoms with E-state index in [9.17, 15) is 4.79 Å². The van der Waals surface area contributed by atoms with Crippen LogP contribution >= 0.6 is 11.6 Å². The Morgan fingerprint density at radius 1 is 1.18 bits per heavy atom. The molecule has 150 valence electrons. The lowest BCUT2D eigenvalue weighted by molar-refractivity contribution is -0.144. The Kier molecular flexibility index (Phi) is 7.01. The molecule has 0 aliphatic carbocycles.